The van der Waals surface area contributed by atoms with Crippen LogP contribution in [-0.4, -0.2) is 15.9 Å². The molecule has 0 saturated carbocycles. The number of carbonyl (C=O) groups excluding carboxylic acids is 1. The van der Waals surface area contributed by atoms with Crippen LogP contribution in [0.1, 0.15) is 28.0 Å². The highest BCUT2D eigenvalue weighted by Crippen LogP contribution is 2.28. The first-order valence-electron chi connectivity index (χ1n) is 7.72. The van der Waals surface area contributed by atoms with E-state index in [0.717, 1.165) is 29.0 Å². The minimum absolute atomic E-state index is 0.198. The molecule has 0 saturated heterocycles. The lowest BCUT2D eigenvalue weighted by Crippen LogP contribution is -2.12. The van der Waals surface area contributed by atoms with Crippen molar-refractivity contribution < 1.29 is 13.6 Å². The molecule has 4 nitrogen and oxygen atoms in total. The number of benzene rings is 1. The summed E-state index contributed by atoms with van der Waals surface area (Å²) in [7, 11) is 0. The van der Waals surface area contributed by atoms with Crippen LogP contribution in [0.3, 0.4) is 0 Å². The summed E-state index contributed by atoms with van der Waals surface area (Å²) < 4.78 is 25.1. The Morgan fingerprint density at radius 1 is 1.12 bits per heavy atom. The van der Waals surface area contributed by atoms with Crippen LogP contribution in [0.25, 0.3) is 11.1 Å². The van der Waals surface area contributed by atoms with Crippen LogP contribution in [0.15, 0.2) is 54.9 Å². The topological polar surface area (TPSA) is 54.9 Å². The lowest BCUT2D eigenvalue weighted by atomic mass is 10.0. The van der Waals surface area contributed by atoms with E-state index in [2.05, 4.69) is 15.3 Å². The molecule has 1 aromatic carbocycles. The van der Waals surface area contributed by atoms with E-state index in [4.69, 9.17) is 11.6 Å². The minimum Gasteiger partial charge on any atom is -0.322 e. The molecule has 0 spiro atoms. The molecular formula is C19H14ClF2N3O. The van der Waals surface area contributed by atoms with E-state index in [1.54, 1.807) is 18.3 Å². The van der Waals surface area contributed by atoms with Gasteiger partial charge in [0.25, 0.3) is 12.3 Å². The highest BCUT2D eigenvalue weighted by molar-refractivity contribution is 6.29. The van der Waals surface area contributed by atoms with Gasteiger partial charge in [0.15, 0.2) is 0 Å². The zero-order valence-corrected chi connectivity index (χ0v) is 14.5. The third-order valence-corrected chi connectivity index (χ3v) is 4.01. The zero-order valence-electron chi connectivity index (χ0n) is 13.7. The second-order valence-corrected chi connectivity index (χ2v) is 6.01. The SMILES string of the molecule is Cc1ccc(NC(=O)c2ccc(C(F)F)nc2)cc1-c1ccnc(Cl)c1. The molecular weight excluding hydrogens is 360 g/mol. The Morgan fingerprint density at radius 2 is 1.92 bits per heavy atom. The Labute approximate surface area is 153 Å². The molecule has 7 heteroatoms. The van der Waals surface area contributed by atoms with Crippen molar-refractivity contribution in [1.82, 2.24) is 9.97 Å². The van der Waals surface area contributed by atoms with E-state index >= 15 is 0 Å². The summed E-state index contributed by atoms with van der Waals surface area (Å²) in [5, 5.41) is 3.12. The van der Waals surface area contributed by atoms with Crippen molar-refractivity contribution in [2.45, 2.75) is 13.3 Å². The highest BCUT2D eigenvalue weighted by atomic mass is 35.5. The van der Waals surface area contributed by atoms with Crippen molar-refractivity contribution in [3.63, 3.8) is 0 Å². The number of nitrogens with one attached hydrogen (secondary N) is 1. The number of rotatable bonds is 4. The van der Waals surface area contributed by atoms with Crippen LogP contribution in [0.4, 0.5) is 14.5 Å². The number of aromatic nitrogens is 2. The van der Waals surface area contributed by atoms with Gasteiger partial charge >= 0.3 is 0 Å². The molecule has 1 N–H and O–H groups in total. The summed E-state index contributed by atoms with van der Waals surface area (Å²) in [4.78, 5) is 19.9. The van der Waals surface area contributed by atoms with Gasteiger partial charge in [-0.3, -0.25) is 9.78 Å². The molecule has 26 heavy (non-hydrogen) atoms. The van der Waals surface area contributed by atoms with Gasteiger partial charge in [0.05, 0.1) is 5.56 Å². The molecule has 3 rings (SSSR count). The van der Waals surface area contributed by atoms with Crippen molar-refractivity contribution in [3.8, 4) is 11.1 Å². The number of hydrogen-bond donors (Lipinski definition) is 1. The minimum atomic E-state index is -2.67. The Hall–Kier alpha value is -2.86. The molecule has 1 amide bonds. The lowest BCUT2D eigenvalue weighted by molar-refractivity contribution is 0.102. The second kappa shape index (κ2) is 7.58. The predicted molar refractivity (Wildman–Crippen MR) is 96.6 cm³/mol. The van der Waals surface area contributed by atoms with E-state index in [9.17, 15) is 13.6 Å². The first-order valence-corrected chi connectivity index (χ1v) is 8.10. The van der Waals surface area contributed by atoms with Gasteiger partial charge in [0.2, 0.25) is 0 Å². The maximum Gasteiger partial charge on any atom is 0.280 e. The lowest BCUT2D eigenvalue weighted by Gasteiger charge is -2.11. The van der Waals surface area contributed by atoms with Gasteiger partial charge in [-0.15, -0.1) is 0 Å². The fourth-order valence-electron chi connectivity index (χ4n) is 2.45. The molecule has 0 aliphatic heterocycles. The Balaban J connectivity index is 1.84. The molecule has 132 valence electrons. The third kappa shape index (κ3) is 4.03. The molecule has 0 radical (unpaired) electrons. The summed E-state index contributed by atoms with van der Waals surface area (Å²) in [6.45, 7) is 1.95. The largest absolute Gasteiger partial charge is 0.322 e. The summed E-state index contributed by atoms with van der Waals surface area (Å²) in [6, 6.07) is 11.5. The Morgan fingerprint density at radius 3 is 2.58 bits per heavy atom. The van der Waals surface area contributed by atoms with E-state index < -0.39 is 12.3 Å². The number of pyridine rings is 2. The summed E-state index contributed by atoms with van der Waals surface area (Å²) in [6.07, 6.45) is 0.0756. The maximum absolute atomic E-state index is 12.5. The highest BCUT2D eigenvalue weighted by Gasteiger charge is 2.12. The van der Waals surface area contributed by atoms with Gasteiger partial charge in [0, 0.05) is 18.1 Å². The second-order valence-electron chi connectivity index (χ2n) is 5.62. The fraction of sp³-hybridized carbons (Fsp3) is 0.105. The molecule has 0 aliphatic carbocycles. The fourth-order valence-corrected chi connectivity index (χ4v) is 2.63. The van der Waals surface area contributed by atoms with Crippen LogP contribution in [0.5, 0.6) is 0 Å². The van der Waals surface area contributed by atoms with Crippen LogP contribution in [-0.2, 0) is 0 Å². The Kier molecular flexibility index (Phi) is 5.23. The zero-order chi connectivity index (χ0) is 18.7. The molecule has 2 aromatic heterocycles. The van der Waals surface area contributed by atoms with Gasteiger partial charge < -0.3 is 5.32 Å². The van der Waals surface area contributed by atoms with Gasteiger partial charge in [-0.25, -0.2) is 13.8 Å². The van der Waals surface area contributed by atoms with Crippen molar-refractivity contribution in [1.29, 1.82) is 0 Å². The monoisotopic (exact) mass is 373 g/mol. The van der Waals surface area contributed by atoms with E-state index in [1.807, 2.05) is 25.1 Å². The maximum atomic E-state index is 12.5. The van der Waals surface area contributed by atoms with Crippen molar-refractivity contribution in [3.05, 3.63) is 76.8 Å². The molecule has 0 aliphatic rings. The predicted octanol–water partition coefficient (Wildman–Crippen LogP) is 5.30. The standard InChI is InChI=1S/C19H14ClF2N3O/c1-11-2-4-14(9-15(11)12-6-7-23-17(20)8-12)25-19(26)13-3-5-16(18(21)22)24-10-13/h2-10,18H,1H3,(H,25,26). The van der Waals surface area contributed by atoms with Gasteiger partial charge in [0.1, 0.15) is 10.8 Å². The van der Waals surface area contributed by atoms with Gasteiger partial charge in [-0.2, -0.15) is 0 Å². The summed E-state index contributed by atoms with van der Waals surface area (Å²) in [5.74, 6) is -0.430. The Bertz CT molecular complexity index is 946. The quantitative estimate of drug-likeness (QED) is 0.632. The summed E-state index contributed by atoms with van der Waals surface area (Å²) >= 11 is 5.95. The number of hydrogen-bond acceptors (Lipinski definition) is 3. The molecule has 0 atom stereocenters. The summed E-state index contributed by atoms with van der Waals surface area (Å²) in [5.41, 5.74) is 3.19. The van der Waals surface area contributed by atoms with Crippen molar-refractivity contribution in [2.75, 3.05) is 5.32 Å². The van der Waals surface area contributed by atoms with Crippen LogP contribution in [0, 0.1) is 6.92 Å². The number of alkyl halides is 2. The average Bonchev–Trinajstić information content (AvgIpc) is 2.63. The molecule has 3 aromatic rings. The van der Waals surface area contributed by atoms with Crippen molar-refractivity contribution >= 4 is 23.2 Å². The normalized spacial score (nSPS) is 10.8. The van der Waals surface area contributed by atoms with Gasteiger partial charge in [-0.05, 0) is 60.0 Å². The van der Waals surface area contributed by atoms with Crippen LogP contribution < -0.4 is 5.32 Å². The molecule has 2 heterocycles. The van der Waals surface area contributed by atoms with Crippen LogP contribution >= 0.6 is 11.6 Å². The molecule has 0 bridgehead atoms. The smallest absolute Gasteiger partial charge is 0.280 e. The number of halogens is 3. The molecule has 0 fully saturated rings. The van der Waals surface area contributed by atoms with E-state index in [0.29, 0.717) is 10.8 Å². The van der Waals surface area contributed by atoms with E-state index in [1.165, 1.54) is 6.07 Å². The van der Waals surface area contributed by atoms with Crippen LogP contribution in [0.2, 0.25) is 5.15 Å². The van der Waals surface area contributed by atoms with Crippen molar-refractivity contribution in [2.24, 2.45) is 0 Å². The average molecular weight is 374 g/mol. The molecule has 0 unspecified atom stereocenters. The first-order chi connectivity index (χ1) is 12.4. The number of nitrogens with zero attached hydrogens (tertiary/aromatic N) is 2. The van der Waals surface area contributed by atoms with Gasteiger partial charge in [-0.1, -0.05) is 17.7 Å². The first kappa shape index (κ1) is 17.9. The number of anilines is 1. The number of aryl methyl sites for hydroxylation is 1. The third-order valence-electron chi connectivity index (χ3n) is 3.81. The number of amides is 1. The number of carbonyl (C=O) groups is 1. The van der Waals surface area contributed by atoms with E-state index in [-0.39, 0.29) is 11.3 Å².